The molecule has 3 aromatic carbocycles. The first-order valence-electron chi connectivity index (χ1n) is 12.0. The maximum absolute atomic E-state index is 13.6. The van der Waals surface area contributed by atoms with E-state index in [0.29, 0.717) is 34.7 Å². The number of carbonyl (C=O) groups is 1. The van der Waals surface area contributed by atoms with E-state index in [4.69, 9.17) is 10.2 Å². The molecule has 0 saturated heterocycles. The van der Waals surface area contributed by atoms with Gasteiger partial charge in [-0.3, -0.25) is 4.79 Å². The van der Waals surface area contributed by atoms with Gasteiger partial charge in [0, 0.05) is 39.3 Å². The number of nitrogens with zero attached hydrogens (tertiary/aromatic N) is 1. The van der Waals surface area contributed by atoms with Gasteiger partial charge in [-0.15, -0.1) is 0 Å². The molecule has 38 heavy (non-hydrogen) atoms. The van der Waals surface area contributed by atoms with E-state index in [1.807, 2.05) is 19.9 Å². The van der Waals surface area contributed by atoms with Crippen molar-refractivity contribution >= 4 is 44.4 Å². The zero-order valence-corrected chi connectivity index (χ0v) is 20.5. The Morgan fingerprint density at radius 3 is 2.32 bits per heavy atom. The fourth-order valence-corrected chi connectivity index (χ4v) is 5.19. The van der Waals surface area contributed by atoms with E-state index >= 15 is 0 Å². The highest BCUT2D eigenvalue weighted by Crippen LogP contribution is 2.44. The highest BCUT2D eigenvalue weighted by Gasteiger charge is 2.33. The lowest BCUT2D eigenvalue weighted by Gasteiger charge is -2.13. The van der Waals surface area contributed by atoms with Gasteiger partial charge in [-0.25, -0.2) is 4.98 Å². The predicted octanol–water partition coefficient (Wildman–Crippen LogP) is 7.39. The average molecular weight is 514 g/mol. The number of nitrogens with two attached hydrogens (primary N) is 1. The lowest BCUT2D eigenvalue weighted by molar-refractivity contribution is -0.137. The fourth-order valence-electron chi connectivity index (χ4n) is 5.19. The standard InChI is InChI=1S/C30H22F3N3O2/c1-15-11-26(34)36-16(2)24(15)14-35-29(37)18-8-10-21-23(13-18)28-20-9-7-17(12-22(20)27(21)38-28)19-5-3-4-6-25(19)30(31,32)33/h3-13H,14H2,1-2H3,(H2,34,36)(H,35,37). The van der Waals surface area contributed by atoms with Crippen LogP contribution in [0.5, 0.6) is 0 Å². The van der Waals surface area contributed by atoms with Crippen molar-refractivity contribution in [2.45, 2.75) is 26.6 Å². The monoisotopic (exact) mass is 513 g/mol. The zero-order valence-electron chi connectivity index (χ0n) is 20.5. The number of pyridine rings is 1. The Morgan fingerprint density at radius 1 is 0.921 bits per heavy atom. The topological polar surface area (TPSA) is 81.1 Å². The van der Waals surface area contributed by atoms with Crippen LogP contribution in [0, 0.1) is 13.8 Å². The van der Waals surface area contributed by atoms with E-state index in [2.05, 4.69) is 10.3 Å². The minimum absolute atomic E-state index is 0.116. The van der Waals surface area contributed by atoms with Gasteiger partial charge in [0.1, 0.15) is 17.0 Å². The molecule has 0 aliphatic rings. The number of anilines is 1. The largest absolute Gasteiger partial charge is 0.455 e. The van der Waals surface area contributed by atoms with Crippen molar-refractivity contribution in [1.82, 2.24) is 10.3 Å². The van der Waals surface area contributed by atoms with Crippen molar-refractivity contribution in [2.24, 2.45) is 0 Å². The van der Waals surface area contributed by atoms with Crippen molar-refractivity contribution in [3.8, 4) is 11.1 Å². The van der Waals surface area contributed by atoms with Crippen molar-refractivity contribution < 1.29 is 22.4 Å². The van der Waals surface area contributed by atoms with E-state index < -0.39 is 11.7 Å². The van der Waals surface area contributed by atoms with Gasteiger partial charge >= 0.3 is 6.18 Å². The molecule has 1 amide bonds. The lowest BCUT2D eigenvalue weighted by Crippen LogP contribution is -2.24. The van der Waals surface area contributed by atoms with Crippen LogP contribution in [0.2, 0.25) is 0 Å². The summed E-state index contributed by atoms with van der Waals surface area (Å²) >= 11 is 0. The molecule has 2 bridgehead atoms. The third-order valence-corrected chi connectivity index (χ3v) is 7.03. The molecule has 3 aromatic heterocycles. The minimum Gasteiger partial charge on any atom is -0.455 e. The van der Waals surface area contributed by atoms with Crippen LogP contribution in [0.4, 0.5) is 19.0 Å². The first-order valence-corrected chi connectivity index (χ1v) is 12.0. The van der Waals surface area contributed by atoms with Crippen LogP contribution in [-0.2, 0) is 12.7 Å². The number of halogens is 3. The Morgan fingerprint density at radius 2 is 1.61 bits per heavy atom. The summed E-state index contributed by atoms with van der Waals surface area (Å²) in [5.74, 6) is 0.200. The molecule has 6 rings (SSSR count). The molecule has 5 nitrogen and oxygen atoms in total. The smallest absolute Gasteiger partial charge is 0.417 e. The number of aryl methyl sites for hydroxylation is 2. The predicted molar refractivity (Wildman–Crippen MR) is 142 cm³/mol. The number of aromatic nitrogens is 1. The third kappa shape index (κ3) is 3.80. The molecule has 0 spiro atoms. The van der Waals surface area contributed by atoms with Crippen LogP contribution >= 0.6 is 0 Å². The van der Waals surface area contributed by atoms with Crippen LogP contribution in [0.15, 0.2) is 71.1 Å². The molecule has 0 saturated carbocycles. The number of hydrogen-bond donors (Lipinski definition) is 2. The first-order chi connectivity index (χ1) is 18.1. The average Bonchev–Trinajstić information content (AvgIpc) is 3.44. The maximum Gasteiger partial charge on any atom is 0.417 e. The highest BCUT2D eigenvalue weighted by atomic mass is 19.4. The first kappa shape index (κ1) is 23.8. The molecular formula is C30H22F3N3O2. The summed E-state index contributed by atoms with van der Waals surface area (Å²) in [6.45, 7) is 4.09. The molecule has 190 valence electrons. The molecule has 0 radical (unpaired) electrons. The number of furan rings is 2. The maximum atomic E-state index is 13.6. The van der Waals surface area contributed by atoms with Gasteiger partial charge in [0.25, 0.3) is 5.91 Å². The number of hydrogen-bond acceptors (Lipinski definition) is 4. The Hall–Kier alpha value is -4.59. The second kappa shape index (κ2) is 8.48. The number of amides is 1. The molecular weight excluding hydrogens is 491 g/mol. The van der Waals surface area contributed by atoms with E-state index in [-0.39, 0.29) is 11.5 Å². The van der Waals surface area contributed by atoms with Gasteiger partial charge < -0.3 is 15.5 Å². The van der Waals surface area contributed by atoms with Crippen molar-refractivity contribution in [3.05, 3.63) is 94.7 Å². The van der Waals surface area contributed by atoms with Gasteiger partial charge in [0.05, 0.1) is 5.56 Å². The van der Waals surface area contributed by atoms with Crippen molar-refractivity contribution in [3.63, 3.8) is 0 Å². The molecule has 0 atom stereocenters. The Balaban J connectivity index is 1.35. The number of nitrogens with one attached hydrogen (secondary N) is 1. The summed E-state index contributed by atoms with van der Waals surface area (Å²) in [6.07, 6.45) is -4.46. The van der Waals surface area contributed by atoms with E-state index in [9.17, 15) is 18.0 Å². The molecule has 0 unspecified atom stereocenters. The van der Waals surface area contributed by atoms with Crippen molar-refractivity contribution in [1.29, 1.82) is 0 Å². The van der Waals surface area contributed by atoms with Gasteiger partial charge in [0.15, 0.2) is 0 Å². The van der Waals surface area contributed by atoms with Gasteiger partial charge in [-0.1, -0.05) is 24.3 Å². The number of fused-ring (bicyclic) bond motifs is 8. The molecule has 8 heteroatoms. The fraction of sp³-hybridized carbons (Fsp3) is 0.133. The molecule has 0 aliphatic heterocycles. The number of nitrogen functional groups attached to an aromatic ring is 1. The van der Waals surface area contributed by atoms with E-state index in [1.165, 1.54) is 12.1 Å². The van der Waals surface area contributed by atoms with Crippen LogP contribution < -0.4 is 11.1 Å². The molecule has 6 aromatic rings. The summed E-state index contributed by atoms with van der Waals surface area (Å²) in [5.41, 5.74) is 9.98. The quantitative estimate of drug-likeness (QED) is 0.241. The van der Waals surface area contributed by atoms with Gasteiger partial charge in [-0.05, 0) is 78.6 Å². The summed E-state index contributed by atoms with van der Waals surface area (Å²) in [7, 11) is 0. The number of carbonyl (C=O) groups excluding carboxylic acids is 1. The Labute approximate surface area is 215 Å². The van der Waals surface area contributed by atoms with Crippen LogP contribution in [0.3, 0.4) is 0 Å². The van der Waals surface area contributed by atoms with E-state index in [0.717, 1.165) is 44.4 Å². The van der Waals surface area contributed by atoms with Crippen LogP contribution in [-0.4, -0.2) is 10.9 Å². The Kier molecular flexibility index (Phi) is 5.31. The number of benzene rings is 4. The van der Waals surface area contributed by atoms with Crippen LogP contribution in [0.1, 0.15) is 32.7 Å². The highest BCUT2D eigenvalue weighted by molar-refractivity contribution is 6.26. The second-order valence-corrected chi connectivity index (χ2v) is 9.44. The SMILES string of the molecule is Cc1cc(N)nc(C)c1CNC(=O)c1ccc2c(c1)c1oc2c2cc(-c3ccccc3C(F)(F)F)ccc21. The summed E-state index contributed by atoms with van der Waals surface area (Å²) in [4.78, 5) is 17.2. The van der Waals surface area contributed by atoms with Crippen LogP contribution in [0.25, 0.3) is 43.8 Å². The number of alkyl halides is 3. The van der Waals surface area contributed by atoms with Gasteiger partial charge in [-0.2, -0.15) is 13.2 Å². The Bertz CT molecular complexity index is 1850. The summed E-state index contributed by atoms with van der Waals surface area (Å²) in [6, 6.07) is 17.8. The summed E-state index contributed by atoms with van der Waals surface area (Å²) in [5, 5.41) is 6.06. The second-order valence-electron chi connectivity index (χ2n) is 9.44. The lowest BCUT2D eigenvalue weighted by atomic mass is 9.95. The van der Waals surface area contributed by atoms with E-state index in [1.54, 1.807) is 42.5 Å². The molecule has 0 aliphatic carbocycles. The van der Waals surface area contributed by atoms with Crippen molar-refractivity contribution in [2.75, 3.05) is 5.73 Å². The number of rotatable bonds is 4. The minimum atomic E-state index is -4.46. The summed E-state index contributed by atoms with van der Waals surface area (Å²) < 4.78 is 46.8. The molecule has 3 heterocycles. The normalized spacial score (nSPS) is 12.1. The molecule has 0 fully saturated rings. The van der Waals surface area contributed by atoms with Gasteiger partial charge in [0.2, 0.25) is 0 Å². The third-order valence-electron chi connectivity index (χ3n) is 7.03. The molecule has 3 N–H and O–H groups in total. The zero-order chi connectivity index (χ0) is 26.8.